The Morgan fingerprint density at radius 1 is 1.12 bits per heavy atom. The normalized spacial score (nSPS) is 19.6. The molecule has 2 unspecified atom stereocenters. The van der Waals surface area contributed by atoms with Gasteiger partial charge in [-0.25, -0.2) is 0 Å². The zero-order chi connectivity index (χ0) is 17.8. The number of nitrogens with zero attached hydrogens (tertiary/aromatic N) is 1. The SMILES string of the molecule is CN(C)C(=O)c1c(C(F)(F)F)oc2c1C(O)c1ccccc1C2O. The van der Waals surface area contributed by atoms with E-state index in [1.807, 2.05) is 0 Å². The largest absolute Gasteiger partial charge is 0.452 e. The molecule has 0 saturated heterocycles. The molecule has 2 aromatic rings. The summed E-state index contributed by atoms with van der Waals surface area (Å²) in [4.78, 5) is 13.2. The number of benzene rings is 1. The second-order valence-corrected chi connectivity index (χ2v) is 5.72. The number of aliphatic hydroxyl groups is 2. The van der Waals surface area contributed by atoms with Crippen LogP contribution in [0.3, 0.4) is 0 Å². The first-order valence-corrected chi connectivity index (χ1v) is 7.05. The Labute approximate surface area is 134 Å². The number of rotatable bonds is 1. The van der Waals surface area contributed by atoms with Gasteiger partial charge in [-0.05, 0) is 11.1 Å². The van der Waals surface area contributed by atoms with Crippen LogP contribution < -0.4 is 0 Å². The summed E-state index contributed by atoms with van der Waals surface area (Å²) in [5.74, 6) is -2.94. The molecule has 8 heteroatoms. The molecule has 3 rings (SSSR count). The van der Waals surface area contributed by atoms with Crippen molar-refractivity contribution in [2.75, 3.05) is 14.1 Å². The summed E-state index contributed by atoms with van der Waals surface area (Å²) >= 11 is 0. The Morgan fingerprint density at radius 3 is 2.17 bits per heavy atom. The van der Waals surface area contributed by atoms with Gasteiger partial charge in [0.05, 0.1) is 5.56 Å². The van der Waals surface area contributed by atoms with Crippen LogP contribution in [0.2, 0.25) is 0 Å². The number of fused-ring (bicyclic) bond motifs is 2. The summed E-state index contributed by atoms with van der Waals surface area (Å²) in [5, 5.41) is 20.9. The highest BCUT2D eigenvalue weighted by Crippen LogP contribution is 2.48. The van der Waals surface area contributed by atoms with Crippen molar-refractivity contribution in [3.8, 4) is 0 Å². The Kier molecular flexibility index (Phi) is 3.69. The predicted octanol–water partition coefficient (Wildman–Crippen LogP) is 2.48. The first kappa shape index (κ1) is 16.5. The van der Waals surface area contributed by atoms with Gasteiger partial charge in [0.25, 0.3) is 5.91 Å². The molecule has 1 heterocycles. The maximum Gasteiger partial charge on any atom is 0.450 e. The third kappa shape index (κ3) is 2.30. The molecule has 1 aromatic heterocycles. The molecule has 1 aliphatic carbocycles. The minimum atomic E-state index is -4.94. The Hall–Kier alpha value is -2.32. The van der Waals surface area contributed by atoms with Crippen LogP contribution in [-0.4, -0.2) is 35.1 Å². The first-order chi connectivity index (χ1) is 11.1. The summed E-state index contributed by atoms with van der Waals surface area (Å²) in [7, 11) is 2.59. The standard InChI is InChI=1S/C16H14F3NO4/c1-20(2)15(23)10-9-11(21)7-5-3-4-6-8(7)12(22)13(9)24-14(10)16(17,18)19/h3-6,11-12,21-22H,1-2H3. The molecule has 1 amide bonds. The number of amides is 1. The van der Waals surface area contributed by atoms with Gasteiger partial charge in [-0.1, -0.05) is 24.3 Å². The molecular weight excluding hydrogens is 327 g/mol. The van der Waals surface area contributed by atoms with Crippen LogP contribution in [0.15, 0.2) is 28.7 Å². The molecule has 0 spiro atoms. The van der Waals surface area contributed by atoms with E-state index in [0.717, 1.165) is 4.90 Å². The number of alkyl halides is 3. The summed E-state index contributed by atoms with van der Waals surface area (Å²) in [6.45, 7) is 0. The van der Waals surface area contributed by atoms with Gasteiger partial charge in [-0.3, -0.25) is 4.79 Å². The predicted molar refractivity (Wildman–Crippen MR) is 76.3 cm³/mol. The molecule has 0 fully saturated rings. The molecular formula is C16H14F3NO4. The number of halogens is 3. The van der Waals surface area contributed by atoms with E-state index in [1.54, 1.807) is 12.1 Å². The van der Waals surface area contributed by atoms with Gasteiger partial charge in [0, 0.05) is 19.7 Å². The molecule has 0 aliphatic heterocycles. The fourth-order valence-corrected chi connectivity index (χ4v) is 2.88. The quantitative estimate of drug-likeness (QED) is 0.836. The molecule has 1 aliphatic rings. The van der Waals surface area contributed by atoms with Crippen LogP contribution in [0.4, 0.5) is 13.2 Å². The summed E-state index contributed by atoms with van der Waals surface area (Å²) < 4.78 is 44.8. The number of carbonyl (C=O) groups excluding carboxylic acids is 1. The molecule has 128 valence electrons. The average molecular weight is 341 g/mol. The van der Waals surface area contributed by atoms with Crippen LogP contribution in [0.5, 0.6) is 0 Å². The van der Waals surface area contributed by atoms with Crippen LogP contribution in [0.25, 0.3) is 0 Å². The Morgan fingerprint density at radius 2 is 1.67 bits per heavy atom. The van der Waals surface area contributed by atoms with E-state index in [4.69, 9.17) is 4.42 Å². The molecule has 5 nitrogen and oxygen atoms in total. The van der Waals surface area contributed by atoms with Crippen molar-refractivity contribution in [1.82, 2.24) is 4.90 Å². The number of furan rings is 1. The van der Waals surface area contributed by atoms with Gasteiger partial charge in [-0.2, -0.15) is 13.2 Å². The van der Waals surface area contributed by atoms with Gasteiger partial charge in [0.2, 0.25) is 5.76 Å². The minimum Gasteiger partial charge on any atom is -0.452 e. The van der Waals surface area contributed by atoms with Gasteiger partial charge < -0.3 is 19.5 Å². The van der Waals surface area contributed by atoms with Gasteiger partial charge in [0.15, 0.2) is 0 Å². The lowest BCUT2D eigenvalue weighted by molar-refractivity contribution is -0.154. The van der Waals surface area contributed by atoms with E-state index >= 15 is 0 Å². The van der Waals surface area contributed by atoms with E-state index in [9.17, 15) is 28.2 Å². The molecule has 0 saturated carbocycles. The topological polar surface area (TPSA) is 73.9 Å². The molecule has 24 heavy (non-hydrogen) atoms. The molecule has 2 N–H and O–H groups in total. The fourth-order valence-electron chi connectivity index (χ4n) is 2.88. The molecule has 2 atom stereocenters. The van der Waals surface area contributed by atoms with Gasteiger partial charge in [-0.15, -0.1) is 0 Å². The lowest BCUT2D eigenvalue weighted by atomic mass is 9.84. The monoisotopic (exact) mass is 341 g/mol. The van der Waals surface area contributed by atoms with Gasteiger partial charge >= 0.3 is 6.18 Å². The maximum atomic E-state index is 13.3. The first-order valence-electron chi connectivity index (χ1n) is 7.05. The minimum absolute atomic E-state index is 0.236. The second-order valence-electron chi connectivity index (χ2n) is 5.72. The maximum absolute atomic E-state index is 13.3. The molecule has 0 radical (unpaired) electrons. The van der Waals surface area contributed by atoms with Crippen LogP contribution in [0, 0.1) is 0 Å². The average Bonchev–Trinajstić information content (AvgIpc) is 2.92. The molecule has 1 aromatic carbocycles. The van der Waals surface area contributed by atoms with Crippen molar-refractivity contribution >= 4 is 5.91 Å². The Balaban J connectivity index is 2.32. The highest BCUT2D eigenvalue weighted by atomic mass is 19.4. The number of aliphatic hydroxyl groups excluding tert-OH is 2. The van der Waals surface area contributed by atoms with E-state index in [1.165, 1.54) is 26.2 Å². The highest BCUT2D eigenvalue weighted by Gasteiger charge is 2.47. The third-order valence-corrected chi connectivity index (χ3v) is 3.96. The van der Waals surface area contributed by atoms with Crippen molar-refractivity contribution in [1.29, 1.82) is 0 Å². The summed E-state index contributed by atoms with van der Waals surface area (Å²) in [6, 6.07) is 6.13. The summed E-state index contributed by atoms with van der Waals surface area (Å²) in [6.07, 6.45) is -7.94. The number of carbonyl (C=O) groups is 1. The Bertz CT molecular complexity index is 810. The van der Waals surface area contributed by atoms with Gasteiger partial charge in [0.1, 0.15) is 18.0 Å². The lowest BCUT2D eigenvalue weighted by Gasteiger charge is -2.25. The van der Waals surface area contributed by atoms with Crippen molar-refractivity contribution in [3.63, 3.8) is 0 Å². The van der Waals surface area contributed by atoms with E-state index < -0.39 is 41.4 Å². The smallest absolute Gasteiger partial charge is 0.450 e. The lowest BCUT2D eigenvalue weighted by Crippen LogP contribution is -2.27. The van der Waals surface area contributed by atoms with Crippen molar-refractivity contribution in [2.45, 2.75) is 18.4 Å². The zero-order valence-corrected chi connectivity index (χ0v) is 12.8. The van der Waals surface area contributed by atoms with Crippen molar-refractivity contribution in [3.05, 3.63) is 58.0 Å². The second kappa shape index (κ2) is 5.35. The highest BCUT2D eigenvalue weighted by molar-refractivity contribution is 5.97. The van der Waals surface area contributed by atoms with Crippen LogP contribution >= 0.6 is 0 Å². The van der Waals surface area contributed by atoms with Crippen molar-refractivity contribution in [2.24, 2.45) is 0 Å². The van der Waals surface area contributed by atoms with E-state index in [0.29, 0.717) is 0 Å². The van der Waals surface area contributed by atoms with Crippen LogP contribution in [0.1, 0.15) is 50.8 Å². The number of hydrogen-bond donors (Lipinski definition) is 2. The van der Waals surface area contributed by atoms with Crippen molar-refractivity contribution < 1.29 is 32.6 Å². The third-order valence-electron chi connectivity index (χ3n) is 3.96. The fraction of sp³-hybridized carbons (Fsp3) is 0.312. The van der Waals surface area contributed by atoms with Crippen LogP contribution in [-0.2, 0) is 6.18 Å². The van der Waals surface area contributed by atoms with E-state index in [-0.39, 0.29) is 16.7 Å². The zero-order valence-electron chi connectivity index (χ0n) is 12.8. The number of hydrogen-bond acceptors (Lipinski definition) is 4. The molecule has 0 bridgehead atoms. The summed E-state index contributed by atoms with van der Waals surface area (Å²) in [5.41, 5.74) is -0.639. The van der Waals surface area contributed by atoms with E-state index in [2.05, 4.69) is 0 Å².